The van der Waals surface area contributed by atoms with E-state index in [1.165, 1.54) is 0 Å². The van der Waals surface area contributed by atoms with Gasteiger partial charge in [0, 0.05) is 5.92 Å². The van der Waals surface area contributed by atoms with Crippen molar-refractivity contribution in [1.82, 2.24) is 5.43 Å². The SMILES string of the molecule is CC(C)C(=O)NN(Cc1ccccc1)c1ccccc1. The van der Waals surface area contributed by atoms with E-state index in [1.807, 2.05) is 67.4 Å². The zero-order valence-electron chi connectivity index (χ0n) is 11.9. The van der Waals surface area contributed by atoms with Crippen LogP contribution >= 0.6 is 0 Å². The van der Waals surface area contributed by atoms with Gasteiger partial charge in [-0.1, -0.05) is 62.4 Å². The number of nitrogens with one attached hydrogen (secondary N) is 1. The molecule has 0 bridgehead atoms. The van der Waals surface area contributed by atoms with Crippen LogP contribution in [0.3, 0.4) is 0 Å². The largest absolute Gasteiger partial charge is 0.281 e. The standard InChI is InChI=1S/C17H20N2O/c1-14(2)17(20)18-19(16-11-7-4-8-12-16)13-15-9-5-3-6-10-15/h3-12,14H,13H2,1-2H3,(H,18,20). The Morgan fingerprint density at radius 2 is 1.55 bits per heavy atom. The van der Waals surface area contributed by atoms with Crippen molar-refractivity contribution in [2.75, 3.05) is 5.01 Å². The van der Waals surface area contributed by atoms with E-state index in [0.717, 1.165) is 11.3 Å². The Morgan fingerprint density at radius 3 is 2.10 bits per heavy atom. The maximum absolute atomic E-state index is 12.0. The first-order valence-corrected chi connectivity index (χ1v) is 6.84. The maximum atomic E-state index is 12.0. The molecule has 20 heavy (non-hydrogen) atoms. The molecule has 0 aliphatic heterocycles. The van der Waals surface area contributed by atoms with Gasteiger partial charge in [-0.25, -0.2) is 0 Å². The van der Waals surface area contributed by atoms with Crippen molar-refractivity contribution in [3.63, 3.8) is 0 Å². The van der Waals surface area contributed by atoms with Crippen molar-refractivity contribution in [3.8, 4) is 0 Å². The summed E-state index contributed by atoms with van der Waals surface area (Å²) in [5, 5.41) is 1.89. The molecule has 0 spiro atoms. The van der Waals surface area contributed by atoms with Crippen LogP contribution in [0.15, 0.2) is 60.7 Å². The summed E-state index contributed by atoms with van der Waals surface area (Å²) in [4.78, 5) is 12.0. The number of carbonyl (C=O) groups excluding carboxylic acids is 1. The first-order valence-electron chi connectivity index (χ1n) is 6.84. The molecule has 3 nitrogen and oxygen atoms in total. The highest BCUT2D eigenvalue weighted by Crippen LogP contribution is 2.15. The lowest BCUT2D eigenvalue weighted by molar-refractivity contribution is -0.124. The number of para-hydroxylation sites is 1. The number of hydrogen-bond acceptors (Lipinski definition) is 2. The summed E-state index contributed by atoms with van der Waals surface area (Å²) >= 11 is 0. The second-order valence-corrected chi connectivity index (χ2v) is 5.04. The van der Waals surface area contributed by atoms with E-state index in [9.17, 15) is 4.79 Å². The van der Waals surface area contributed by atoms with Crippen LogP contribution in [0.1, 0.15) is 19.4 Å². The molecule has 104 valence electrons. The van der Waals surface area contributed by atoms with Crippen LogP contribution < -0.4 is 10.4 Å². The molecule has 0 atom stereocenters. The lowest BCUT2D eigenvalue weighted by Crippen LogP contribution is -2.43. The fraction of sp³-hybridized carbons (Fsp3) is 0.235. The van der Waals surface area contributed by atoms with Gasteiger partial charge in [-0.05, 0) is 17.7 Å². The van der Waals surface area contributed by atoms with Crippen LogP contribution in [-0.4, -0.2) is 5.91 Å². The Labute approximate surface area is 120 Å². The third-order valence-corrected chi connectivity index (χ3v) is 3.02. The molecule has 0 unspecified atom stereocenters. The Bertz CT molecular complexity index is 537. The van der Waals surface area contributed by atoms with E-state index < -0.39 is 0 Å². The van der Waals surface area contributed by atoms with E-state index in [2.05, 4.69) is 17.6 Å². The molecule has 0 aromatic heterocycles. The molecule has 0 saturated carbocycles. The molecule has 1 N–H and O–H groups in total. The minimum Gasteiger partial charge on any atom is -0.281 e. The molecular weight excluding hydrogens is 248 g/mol. The van der Waals surface area contributed by atoms with Crippen LogP contribution in [0.2, 0.25) is 0 Å². The third-order valence-electron chi connectivity index (χ3n) is 3.02. The molecule has 0 heterocycles. The van der Waals surface area contributed by atoms with Crippen LogP contribution in [0.5, 0.6) is 0 Å². The fourth-order valence-corrected chi connectivity index (χ4v) is 1.83. The molecule has 2 rings (SSSR count). The van der Waals surface area contributed by atoms with Crippen molar-refractivity contribution < 1.29 is 4.79 Å². The fourth-order valence-electron chi connectivity index (χ4n) is 1.83. The predicted molar refractivity (Wildman–Crippen MR) is 82.0 cm³/mol. The highest BCUT2D eigenvalue weighted by molar-refractivity contribution is 5.79. The van der Waals surface area contributed by atoms with E-state index in [1.54, 1.807) is 0 Å². The highest BCUT2D eigenvalue weighted by atomic mass is 16.2. The van der Waals surface area contributed by atoms with Gasteiger partial charge in [-0.2, -0.15) is 0 Å². The Hall–Kier alpha value is -2.29. The van der Waals surface area contributed by atoms with Crippen molar-refractivity contribution in [2.45, 2.75) is 20.4 Å². The summed E-state index contributed by atoms with van der Waals surface area (Å²) < 4.78 is 0. The quantitative estimate of drug-likeness (QED) is 0.843. The van der Waals surface area contributed by atoms with Crippen LogP contribution in [0.4, 0.5) is 5.69 Å². The smallest absolute Gasteiger partial charge is 0.241 e. The van der Waals surface area contributed by atoms with Gasteiger partial charge in [0.25, 0.3) is 0 Å². The Kier molecular flexibility index (Phi) is 4.77. The number of anilines is 1. The van der Waals surface area contributed by atoms with Gasteiger partial charge in [0.1, 0.15) is 0 Å². The second-order valence-electron chi connectivity index (χ2n) is 5.04. The summed E-state index contributed by atoms with van der Waals surface area (Å²) in [6.45, 7) is 4.42. The van der Waals surface area contributed by atoms with Crippen molar-refractivity contribution in [1.29, 1.82) is 0 Å². The molecule has 0 aliphatic carbocycles. The zero-order chi connectivity index (χ0) is 14.4. The molecule has 3 heteroatoms. The average molecular weight is 268 g/mol. The van der Waals surface area contributed by atoms with Gasteiger partial charge in [0.15, 0.2) is 0 Å². The molecule has 2 aromatic carbocycles. The first-order chi connectivity index (χ1) is 9.66. The normalized spacial score (nSPS) is 10.3. The lowest BCUT2D eigenvalue weighted by atomic mass is 10.2. The van der Waals surface area contributed by atoms with E-state index >= 15 is 0 Å². The lowest BCUT2D eigenvalue weighted by Gasteiger charge is -2.26. The summed E-state index contributed by atoms with van der Waals surface area (Å²) in [5.41, 5.74) is 5.11. The number of hydrazine groups is 1. The van der Waals surface area contributed by atoms with E-state index in [0.29, 0.717) is 6.54 Å². The van der Waals surface area contributed by atoms with Crippen LogP contribution in [-0.2, 0) is 11.3 Å². The van der Waals surface area contributed by atoms with Gasteiger partial charge in [-0.3, -0.25) is 15.2 Å². The molecule has 0 radical (unpaired) electrons. The Balaban J connectivity index is 2.18. The number of nitrogens with zero attached hydrogens (tertiary/aromatic N) is 1. The van der Waals surface area contributed by atoms with E-state index in [-0.39, 0.29) is 11.8 Å². The predicted octanol–water partition coefficient (Wildman–Crippen LogP) is 3.38. The summed E-state index contributed by atoms with van der Waals surface area (Å²) in [6, 6.07) is 20.0. The number of hydrogen-bond donors (Lipinski definition) is 1. The number of benzene rings is 2. The van der Waals surface area contributed by atoms with Crippen molar-refractivity contribution in [3.05, 3.63) is 66.2 Å². The average Bonchev–Trinajstić information content (AvgIpc) is 2.48. The van der Waals surface area contributed by atoms with Gasteiger partial charge < -0.3 is 0 Å². The van der Waals surface area contributed by atoms with Crippen molar-refractivity contribution >= 4 is 11.6 Å². The molecule has 0 saturated heterocycles. The molecule has 1 amide bonds. The van der Waals surface area contributed by atoms with Crippen LogP contribution in [0, 0.1) is 5.92 Å². The first kappa shape index (κ1) is 14.1. The molecule has 0 fully saturated rings. The number of carbonyl (C=O) groups is 1. The topological polar surface area (TPSA) is 32.3 Å². The van der Waals surface area contributed by atoms with Gasteiger partial charge in [0.05, 0.1) is 12.2 Å². The Morgan fingerprint density at radius 1 is 1.00 bits per heavy atom. The maximum Gasteiger partial charge on any atom is 0.241 e. The summed E-state index contributed by atoms with van der Waals surface area (Å²) in [5.74, 6) is -0.0261. The van der Waals surface area contributed by atoms with Crippen molar-refractivity contribution in [2.24, 2.45) is 5.92 Å². The molecule has 2 aromatic rings. The van der Waals surface area contributed by atoms with Crippen LogP contribution in [0.25, 0.3) is 0 Å². The monoisotopic (exact) mass is 268 g/mol. The minimum absolute atomic E-state index is 0.0183. The van der Waals surface area contributed by atoms with Gasteiger partial charge in [0.2, 0.25) is 5.91 Å². The number of amides is 1. The minimum atomic E-state index is -0.0445. The molecule has 0 aliphatic rings. The van der Waals surface area contributed by atoms with Gasteiger partial charge >= 0.3 is 0 Å². The summed E-state index contributed by atoms with van der Waals surface area (Å²) in [7, 11) is 0. The van der Waals surface area contributed by atoms with Gasteiger partial charge in [-0.15, -0.1) is 0 Å². The zero-order valence-corrected chi connectivity index (χ0v) is 11.9. The molecular formula is C17H20N2O. The number of rotatable bonds is 5. The second kappa shape index (κ2) is 6.75. The highest BCUT2D eigenvalue weighted by Gasteiger charge is 2.13. The van der Waals surface area contributed by atoms with E-state index in [4.69, 9.17) is 0 Å². The summed E-state index contributed by atoms with van der Waals surface area (Å²) in [6.07, 6.45) is 0. The third kappa shape index (κ3) is 3.85.